The summed E-state index contributed by atoms with van der Waals surface area (Å²) in [7, 11) is 0. The Labute approximate surface area is 102 Å². The van der Waals surface area contributed by atoms with Gasteiger partial charge in [0, 0.05) is 12.2 Å². The Hall–Kier alpha value is -1.55. The standard InChI is InChI=1S/C13H19NO3/c1-10(2)9-17-13(16)11-3-5-12(6-4-11)14-7-8-15/h3-6,10,14-15H,7-9H2,1-2H3. The Morgan fingerprint density at radius 2 is 2.00 bits per heavy atom. The summed E-state index contributed by atoms with van der Waals surface area (Å²) in [5.74, 6) is 0.0388. The quantitative estimate of drug-likeness (QED) is 0.742. The van der Waals surface area contributed by atoms with E-state index in [1.54, 1.807) is 24.3 Å². The van der Waals surface area contributed by atoms with Crippen molar-refractivity contribution in [3.8, 4) is 0 Å². The zero-order chi connectivity index (χ0) is 12.7. The topological polar surface area (TPSA) is 58.6 Å². The lowest BCUT2D eigenvalue weighted by atomic mass is 10.2. The maximum Gasteiger partial charge on any atom is 0.338 e. The van der Waals surface area contributed by atoms with Crippen LogP contribution in [-0.2, 0) is 4.74 Å². The molecule has 1 aromatic rings. The molecule has 17 heavy (non-hydrogen) atoms. The predicted octanol–water partition coefficient (Wildman–Crippen LogP) is 1.90. The Morgan fingerprint density at radius 1 is 1.35 bits per heavy atom. The maximum absolute atomic E-state index is 11.6. The van der Waals surface area contributed by atoms with Crippen molar-refractivity contribution in [3.63, 3.8) is 0 Å². The lowest BCUT2D eigenvalue weighted by Gasteiger charge is -2.08. The summed E-state index contributed by atoms with van der Waals surface area (Å²) in [5.41, 5.74) is 1.42. The molecular weight excluding hydrogens is 218 g/mol. The molecule has 0 fully saturated rings. The van der Waals surface area contributed by atoms with E-state index in [2.05, 4.69) is 5.32 Å². The number of hydrogen-bond acceptors (Lipinski definition) is 4. The summed E-state index contributed by atoms with van der Waals surface area (Å²) < 4.78 is 5.11. The molecule has 0 radical (unpaired) electrons. The molecule has 0 saturated carbocycles. The molecular formula is C13H19NO3. The van der Waals surface area contributed by atoms with Gasteiger partial charge in [-0.25, -0.2) is 4.79 Å². The van der Waals surface area contributed by atoms with E-state index in [4.69, 9.17) is 9.84 Å². The summed E-state index contributed by atoms with van der Waals surface area (Å²) in [6, 6.07) is 7.01. The molecule has 1 aromatic carbocycles. The molecule has 4 heteroatoms. The number of anilines is 1. The van der Waals surface area contributed by atoms with E-state index >= 15 is 0 Å². The molecule has 2 N–H and O–H groups in total. The molecule has 0 aromatic heterocycles. The van der Waals surface area contributed by atoms with Crippen molar-refractivity contribution >= 4 is 11.7 Å². The summed E-state index contributed by atoms with van der Waals surface area (Å²) in [5, 5.41) is 11.7. The number of carbonyl (C=O) groups is 1. The molecule has 0 unspecified atom stereocenters. The largest absolute Gasteiger partial charge is 0.462 e. The number of benzene rings is 1. The number of rotatable bonds is 6. The molecule has 0 aliphatic rings. The van der Waals surface area contributed by atoms with Gasteiger partial charge in [-0.2, -0.15) is 0 Å². The van der Waals surface area contributed by atoms with Crippen LogP contribution in [0.5, 0.6) is 0 Å². The Bertz CT molecular complexity index is 346. The molecule has 4 nitrogen and oxygen atoms in total. The first kappa shape index (κ1) is 13.5. The first-order chi connectivity index (χ1) is 8.13. The van der Waals surface area contributed by atoms with Gasteiger partial charge < -0.3 is 15.2 Å². The number of nitrogens with one attached hydrogen (secondary N) is 1. The second-order valence-electron chi connectivity index (χ2n) is 4.22. The first-order valence-corrected chi connectivity index (χ1v) is 5.75. The van der Waals surface area contributed by atoms with Crippen molar-refractivity contribution in [1.29, 1.82) is 0 Å². The average Bonchev–Trinajstić information content (AvgIpc) is 2.34. The highest BCUT2D eigenvalue weighted by Gasteiger charge is 2.07. The maximum atomic E-state index is 11.6. The summed E-state index contributed by atoms with van der Waals surface area (Å²) in [6.07, 6.45) is 0. The van der Waals surface area contributed by atoms with Gasteiger partial charge in [0.2, 0.25) is 0 Å². The van der Waals surface area contributed by atoms with Gasteiger partial charge in [-0.05, 0) is 30.2 Å². The van der Waals surface area contributed by atoms with Gasteiger partial charge >= 0.3 is 5.97 Å². The predicted molar refractivity (Wildman–Crippen MR) is 67.1 cm³/mol. The van der Waals surface area contributed by atoms with Gasteiger partial charge in [-0.3, -0.25) is 0 Å². The minimum absolute atomic E-state index is 0.0815. The third-order valence-corrected chi connectivity index (χ3v) is 2.11. The average molecular weight is 237 g/mol. The number of carbonyl (C=O) groups excluding carboxylic acids is 1. The van der Waals surface area contributed by atoms with E-state index in [9.17, 15) is 4.79 Å². The Morgan fingerprint density at radius 3 is 2.53 bits per heavy atom. The Kier molecular flexibility index (Phi) is 5.49. The van der Waals surface area contributed by atoms with Crippen LogP contribution in [0.15, 0.2) is 24.3 Å². The smallest absolute Gasteiger partial charge is 0.338 e. The molecule has 0 amide bonds. The second kappa shape index (κ2) is 6.91. The van der Waals surface area contributed by atoms with Crippen LogP contribution in [0.4, 0.5) is 5.69 Å². The minimum atomic E-state index is -0.299. The van der Waals surface area contributed by atoms with E-state index < -0.39 is 0 Å². The second-order valence-corrected chi connectivity index (χ2v) is 4.22. The number of aliphatic hydroxyl groups is 1. The highest BCUT2D eigenvalue weighted by atomic mass is 16.5. The van der Waals surface area contributed by atoms with Crippen molar-refractivity contribution < 1.29 is 14.6 Å². The molecule has 0 spiro atoms. The molecule has 0 atom stereocenters. The van der Waals surface area contributed by atoms with Crippen LogP contribution >= 0.6 is 0 Å². The number of hydrogen-bond donors (Lipinski definition) is 2. The van der Waals surface area contributed by atoms with Gasteiger partial charge in [0.15, 0.2) is 0 Å². The fourth-order valence-corrected chi connectivity index (χ4v) is 1.25. The van der Waals surface area contributed by atoms with Crippen LogP contribution in [-0.4, -0.2) is 30.8 Å². The molecule has 0 aliphatic carbocycles. The number of ether oxygens (including phenoxy) is 1. The first-order valence-electron chi connectivity index (χ1n) is 5.75. The zero-order valence-electron chi connectivity index (χ0n) is 10.3. The van der Waals surface area contributed by atoms with Crippen LogP contribution < -0.4 is 5.32 Å². The van der Waals surface area contributed by atoms with E-state index in [1.807, 2.05) is 13.8 Å². The number of aliphatic hydroxyl groups excluding tert-OH is 1. The summed E-state index contributed by atoms with van der Waals surface area (Å²) in [4.78, 5) is 11.6. The van der Waals surface area contributed by atoms with Gasteiger partial charge in [0.25, 0.3) is 0 Å². The molecule has 0 aliphatic heterocycles. The zero-order valence-corrected chi connectivity index (χ0v) is 10.3. The van der Waals surface area contributed by atoms with E-state index in [-0.39, 0.29) is 12.6 Å². The normalized spacial score (nSPS) is 10.4. The SMILES string of the molecule is CC(C)COC(=O)c1ccc(NCCO)cc1. The van der Waals surface area contributed by atoms with Crippen LogP contribution in [0, 0.1) is 5.92 Å². The lowest BCUT2D eigenvalue weighted by Crippen LogP contribution is -2.10. The highest BCUT2D eigenvalue weighted by Crippen LogP contribution is 2.10. The lowest BCUT2D eigenvalue weighted by molar-refractivity contribution is 0.0459. The van der Waals surface area contributed by atoms with E-state index in [1.165, 1.54) is 0 Å². The van der Waals surface area contributed by atoms with Crippen molar-refractivity contribution in [1.82, 2.24) is 0 Å². The highest BCUT2D eigenvalue weighted by molar-refractivity contribution is 5.89. The Balaban J connectivity index is 2.51. The van der Waals surface area contributed by atoms with Crippen molar-refractivity contribution in [2.24, 2.45) is 5.92 Å². The van der Waals surface area contributed by atoms with Crippen LogP contribution in [0.3, 0.4) is 0 Å². The van der Waals surface area contributed by atoms with Crippen molar-refractivity contribution in [2.75, 3.05) is 25.1 Å². The van der Waals surface area contributed by atoms with Gasteiger partial charge in [0.05, 0.1) is 18.8 Å². The number of esters is 1. The summed E-state index contributed by atoms with van der Waals surface area (Å²) in [6.45, 7) is 5.00. The van der Waals surface area contributed by atoms with Crippen LogP contribution in [0.25, 0.3) is 0 Å². The molecule has 0 heterocycles. The fourth-order valence-electron chi connectivity index (χ4n) is 1.25. The van der Waals surface area contributed by atoms with Crippen LogP contribution in [0.1, 0.15) is 24.2 Å². The monoisotopic (exact) mass is 237 g/mol. The van der Waals surface area contributed by atoms with Gasteiger partial charge in [-0.15, -0.1) is 0 Å². The summed E-state index contributed by atoms with van der Waals surface area (Å²) >= 11 is 0. The molecule has 0 bridgehead atoms. The molecule has 0 saturated heterocycles. The van der Waals surface area contributed by atoms with E-state index in [0.717, 1.165) is 5.69 Å². The minimum Gasteiger partial charge on any atom is -0.462 e. The molecule has 94 valence electrons. The fraction of sp³-hybridized carbons (Fsp3) is 0.462. The van der Waals surface area contributed by atoms with Crippen molar-refractivity contribution in [2.45, 2.75) is 13.8 Å². The van der Waals surface area contributed by atoms with Gasteiger partial charge in [0.1, 0.15) is 0 Å². The van der Waals surface area contributed by atoms with Crippen LogP contribution in [0.2, 0.25) is 0 Å². The molecule has 1 rings (SSSR count). The van der Waals surface area contributed by atoms with E-state index in [0.29, 0.717) is 24.6 Å². The third kappa shape index (κ3) is 4.87. The van der Waals surface area contributed by atoms with Crippen molar-refractivity contribution in [3.05, 3.63) is 29.8 Å². The van der Waals surface area contributed by atoms with Gasteiger partial charge in [-0.1, -0.05) is 13.8 Å². The third-order valence-electron chi connectivity index (χ3n) is 2.11.